The Morgan fingerprint density at radius 2 is 1.92 bits per heavy atom. The molecule has 0 radical (unpaired) electrons. The van der Waals surface area contributed by atoms with Gasteiger partial charge in [-0.15, -0.1) is 0 Å². The van der Waals surface area contributed by atoms with Crippen LogP contribution in [0.1, 0.15) is 13.8 Å². The number of benzene rings is 1. The molecule has 1 fully saturated rings. The third-order valence-corrected chi connectivity index (χ3v) is 6.79. The van der Waals surface area contributed by atoms with Gasteiger partial charge in [-0.25, -0.2) is 9.67 Å². The monoisotopic (exact) mass is 517 g/mol. The highest BCUT2D eigenvalue weighted by Gasteiger charge is 2.28. The number of nitrogens with zero attached hydrogens (tertiary/aromatic N) is 9. The van der Waals surface area contributed by atoms with E-state index < -0.39 is 0 Å². The molecule has 0 aliphatic carbocycles. The fourth-order valence-electron chi connectivity index (χ4n) is 4.74. The number of ether oxygens (including phenoxy) is 1. The highest BCUT2D eigenvalue weighted by Crippen LogP contribution is 2.31. The molecule has 11 nitrogen and oxygen atoms in total. The molecule has 1 atom stereocenters. The van der Waals surface area contributed by atoms with Crippen LogP contribution in [0.2, 0.25) is 0 Å². The SMILES string of the molecule is CCn1c(N(CC=O)CCN(C)C)nc2c(N3CCOC[C@H]3C)nc(-n3cc(-c4ccccc4)cn3)nc21. The van der Waals surface area contributed by atoms with Crippen LogP contribution in [0.15, 0.2) is 42.7 Å². The first-order valence-electron chi connectivity index (χ1n) is 13.1. The summed E-state index contributed by atoms with van der Waals surface area (Å²) in [5.74, 6) is 1.95. The Kier molecular flexibility index (Phi) is 7.66. The minimum absolute atomic E-state index is 0.127. The number of fused-ring (bicyclic) bond motifs is 1. The van der Waals surface area contributed by atoms with Gasteiger partial charge in [0, 0.05) is 37.9 Å². The quantitative estimate of drug-likeness (QED) is 0.294. The number of rotatable bonds is 10. The van der Waals surface area contributed by atoms with Crippen molar-refractivity contribution in [2.75, 3.05) is 63.3 Å². The minimum Gasteiger partial charge on any atom is -0.377 e. The highest BCUT2D eigenvalue weighted by atomic mass is 16.5. The van der Waals surface area contributed by atoms with E-state index in [1.54, 1.807) is 4.68 Å². The van der Waals surface area contributed by atoms with Gasteiger partial charge >= 0.3 is 0 Å². The largest absolute Gasteiger partial charge is 0.377 e. The van der Waals surface area contributed by atoms with Crippen molar-refractivity contribution in [3.8, 4) is 17.1 Å². The lowest BCUT2D eigenvalue weighted by Crippen LogP contribution is -2.44. The number of carbonyl (C=O) groups is 1. The van der Waals surface area contributed by atoms with Crippen LogP contribution in [0.4, 0.5) is 11.8 Å². The van der Waals surface area contributed by atoms with Crippen molar-refractivity contribution in [2.45, 2.75) is 26.4 Å². The van der Waals surface area contributed by atoms with E-state index in [2.05, 4.69) is 45.4 Å². The van der Waals surface area contributed by atoms with E-state index in [0.717, 1.165) is 46.9 Å². The molecular weight excluding hydrogens is 482 g/mol. The van der Waals surface area contributed by atoms with Crippen molar-refractivity contribution in [1.29, 1.82) is 0 Å². The summed E-state index contributed by atoms with van der Waals surface area (Å²) >= 11 is 0. The molecule has 38 heavy (non-hydrogen) atoms. The Morgan fingerprint density at radius 1 is 1.11 bits per heavy atom. The van der Waals surface area contributed by atoms with Crippen LogP contribution in [-0.2, 0) is 16.1 Å². The maximum absolute atomic E-state index is 11.6. The Hall–Kier alpha value is -3.83. The molecule has 11 heteroatoms. The molecule has 0 spiro atoms. The zero-order valence-corrected chi connectivity index (χ0v) is 22.5. The molecule has 1 saturated heterocycles. The summed E-state index contributed by atoms with van der Waals surface area (Å²) in [6.45, 7) is 8.48. The molecule has 3 aromatic heterocycles. The lowest BCUT2D eigenvalue weighted by Gasteiger charge is -2.34. The predicted molar refractivity (Wildman–Crippen MR) is 148 cm³/mol. The third kappa shape index (κ3) is 5.11. The summed E-state index contributed by atoms with van der Waals surface area (Å²) in [6.07, 6.45) is 4.70. The van der Waals surface area contributed by atoms with Crippen LogP contribution in [0, 0.1) is 0 Å². The second-order valence-corrected chi connectivity index (χ2v) is 9.75. The molecular formula is C27H35N9O2. The van der Waals surface area contributed by atoms with Crippen LogP contribution >= 0.6 is 0 Å². The van der Waals surface area contributed by atoms with E-state index in [4.69, 9.17) is 19.7 Å². The Balaban J connectivity index is 1.66. The van der Waals surface area contributed by atoms with Crippen LogP contribution < -0.4 is 9.80 Å². The van der Waals surface area contributed by atoms with Gasteiger partial charge in [0.15, 0.2) is 17.0 Å². The number of likely N-dealkylation sites (N-methyl/N-ethyl adjacent to an activating group) is 1. The minimum atomic E-state index is 0.127. The van der Waals surface area contributed by atoms with Gasteiger partial charge in [-0.1, -0.05) is 30.3 Å². The molecule has 1 aliphatic heterocycles. The number of imidazole rings is 1. The summed E-state index contributed by atoms with van der Waals surface area (Å²) in [4.78, 5) is 33.0. The lowest BCUT2D eigenvalue weighted by atomic mass is 10.1. The molecule has 0 unspecified atom stereocenters. The third-order valence-electron chi connectivity index (χ3n) is 6.79. The van der Waals surface area contributed by atoms with E-state index in [9.17, 15) is 4.79 Å². The maximum Gasteiger partial charge on any atom is 0.254 e. The zero-order valence-electron chi connectivity index (χ0n) is 22.5. The van der Waals surface area contributed by atoms with E-state index >= 15 is 0 Å². The van der Waals surface area contributed by atoms with E-state index in [0.29, 0.717) is 38.8 Å². The standard InChI is InChI=1S/C27H35N9O2/c1-5-34-24-23(29-27(34)33(13-15-37)12-11-32(3)4)25(35-14-16-38-19-20(35)2)31-26(30-24)36-18-22(17-28-36)21-9-7-6-8-10-21/h6-10,15,17-18,20H,5,11-14,16,19H2,1-4H3/t20-/m1/s1. The number of aromatic nitrogens is 6. The molecule has 0 bridgehead atoms. The topological polar surface area (TPSA) is 97.4 Å². The molecule has 0 saturated carbocycles. The first-order valence-corrected chi connectivity index (χ1v) is 13.1. The van der Waals surface area contributed by atoms with Gasteiger partial charge in [0.25, 0.3) is 5.95 Å². The maximum atomic E-state index is 11.6. The second-order valence-electron chi connectivity index (χ2n) is 9.75. The summed E-state index contributed by atoms with van der Waals surface area (Å²) in [7, 11) is 4.04. The van der Waals surface area contributed by atoms with Gasteiger partial charge in [-0.05, 0) is 33.5 Å². The normalized spacial score (nSPS) is 15.9. The van der Waals surface area contributed by atoms with E-state index in [1.165, 1.54) is 0 Å². The first kappa shape index (κ1) is 25.8. The number of hydrogen-bond donors (Lipinski definition) is 0. The molecule has 4 heterocycles. The zero-order chi connectivity index (χ0) is 26.6. The van der Waals surface area contributed by atoms with Gasteiger partial charge in [0.05, 0.1) is 32.0 Å². The van der Waals surface area contributed by atoms with Crippen LogP contribution in [0.3, 0.4) is 0 Å². The lowest BCUT2D eigenvalue weighted by molar-refractivity contribution is -0.106. The van der Waals surface area contributed by atoms with Crippen molar-refractivity contribution in [3.05, 3.63) is 42.7 Å². The summed E-state index contributed by atoms with van der Waals surface area (Å²) < 4.78 is 9.49. The Labute approximate surface area is 222 Å². The van der Waals surface area contributed by atoms with Crippen molar-refractivity contribution in [3.63, 3.8) is 0 Å². The number of aryl methyl sites for hydroxylation is 1. The second kappa shape index (κ2) is 11.3. The fraction of sp³-hybridized carbons (Fsp3) is 0.444. The fourth-order valence-corrected chi connectivity index (χ4v) is 4.74. The van der Waals surface area contributed by atoms with Crippen molar-refractivity contribution >= 4 is 29.2 Å². The average Bonchev–Trinajstić information content (AvgIpc) is 3.56. The molecule has 0 amide bonds. The highest BCUT2D eigenvalue weighted by molar-refractivity contribution is 5.87. The molecule has 0 N–H and O–H groups in total. The molecule has 200 valence electrons. The van der Waals surface area contributed by atoms with Gasteiger partial charge < -0.3 is 24.2 Å². The van der Waals surface area contributed by atoms with Gasteiger partial charge in [-0.2, -0.15) is 15.1 Å². The predicted octanol–water partition coefficient (Wildman–Crippen LogP) is 2.49. The summed E-state index contributed by atoms with van der Waals surface area (Å²) in [5, 5.41) is 4.61. The van der Waals surface area contributed by atoms with Crippen LogP contribution in [0.5, 0.6) is 0 Å². The van der Waals surface area contributed by atoms with Gasteiger partial charge in [0.2, 0.25) is 5.95 Å². The Bertz CT molecular complexity index is 1380. The smallest absolute Gasteiger partial charge is 0.254 e. The molecule has 1 aromatic carbocycles. The van der Waals surface area contributed by atoms with Crippen LogP contribution in [0.25, 0.3) is 28.2 Å². The average molecular weight is 518 g/mol. The Morgan fingerprint density at radius 3 is 2.63 bits per heavy atom. The number of carbonyl (C=O) groups excluding carboxylic acids is 1. The van der Waals surface area contributed by atoms with Gasteiger partial charge in [0.1, 0.15) is 6.29 Å². The van der Waals surface area contributed by atoms with E-state index in [1.807, 2.05) is 49.6 Å². The summed E-state index contributed by atoms with van der Waals surface area (Å²) in [5.41, 5.74) is 3.50. The first-order chi connectivity index (χ1) is 18.5. The van der Waals surface area contributed by atoms with Crippen molar-refractivity contribution in [2.24, 2.45) is 0 Å². The van der Waals surface area contributed by atoms with Crippen molar-refractivity contribution < 1.29 is 9.53 Å². The summed E-state index contributed by atoms with van der Waals surface area (Å²) in [6, 6.07) is 10.3. The molecule has 4 aromatic rings. The number of morpholine rings is 1. The number of aldehydes is 1. The van der Waals surface area contributed by atoms with E-state index in [-0.39, 0.29) is 12.6 Å². The van der Waals surface area contributed by atoms with Crippen molar-refractivity contribution in [1.82, 2.24) is 34.2 Å². The van der Waals surface area contributed by atoms with Gasteiger partial charge in [-0.3, -0.25) is 4.57 Å². The van der Waals surface area contributed by atoms with Crippen LogP contribution in [-0.4, -0.2) is 100 Å². The molecule has 5 rings (SSSR count). The number of hydrogen-bond acceptors (Lipinski definition) is 9. The molecule has 1 aliphatic rings. The number of anilines is 2.